The molecule has 0 saturated carbocycles. The van der Waals surface area contributed by atoms with Crippen LogP contribution in [0.15, 0.2) is 48.5 Å². The Hall–Kier alpha value is -5.72. The van der Waals surface area contributed by atoms with Gasteiger partial charge in [0.2, 0.25) is 0 Å². The molecule has 0 spiro atoms. The molecule has 3 aromatic rings. The monoisotopic (exact) mass is 644 g/mol. The lowest BCUT2D eigenvalue weighted by molar-refractivity contribution is -0.145. The van der Waals surface area contributed by atoms with Crippen LogP contribution in [0.3, 0.4) is 0 Å². The number of methoxy groups -OCH3 is 3. The molecule has 0 radical (unpaired) electrons. The molecule has 4 rings (SSSR count). The minimum atomic E-state index is -1.09. The molecule has 0 bridgehead atoms. The first kappa shape index (κ1) is 34.2. The SMILES string of the molecule is COC(=O)CCC(NC(=O)c1c(C)[nH]c(C=C2C(=O)Nc3ccc(C(=O)NC(Cc4ccccc4)C(=O)OC)cc32)c1C)C(=O)OC. The number of esters is 3. The van der Waals surface area contributed by atoms with E-state index in [0.29, 0.717) is 28.2 Å². The molecule has 47 heavy (non-hydrogen) atoms. The van der Waals surface area contributed by atoms with Crippen molar-refractivity contribution >= 4 is 53.0 Å². The van der Waals surface area contributed by atoms with Crippen molar-refractivity contribution in [3.8, 4) is 0 Å². The number of nitrogens with one attached hydrogen (secondary N) is 4. The maximum absolute atomic E-state index is 13.3. The molecule has 4 N–H and O–H groups in total. The van der Waals surface area contributed by atoms with E-state index in [1.165, 1.54) is 21.3 Å². The zero-order valence-corrected chi connectivity index (χ0v) is 26.6. The highest BCUT2D eigenvalue weighted by atomic mass is 16.5. The Labute approximate surface area is 271 Å². The first-order valence-electron chi connectivity index (χ1n) is 14.7. The van der Waals surface area contributed by atoms with Gasteiger partial charge in [-0.3, -0.25) is 19.2 Å². The number of amides is 3. The number of anilines is 1. The molecule has 13 nitrogen and oxygen atoms in total. The van der Waals surface area contributed by atoms with Crippen LogP contribution in [0.5, 0.6) is 0 Å². The van der Waals surface area contributed by atoms with Crippen LogP contribution in [0.4, 0.5) is 5.69 Å². The lowest BCUT2D eigenvalue weighted by atomic mass is 10.0. The summed E-state index contributed by atoms with van der Waals surface area (Å²) in [6, 6.07) is 11.9. The van der Waals surface area contributed by atoms with Crippen molar-refractivity contribution < 1.29 is 43.0 Å². The molecular formula is C34H36N4O9. The second-order valence-electron chi connectivity index (χ2n) is 10.8. The van der Waals surface area contributed by atoms with Gasteiger partial charge in [0.1, 0.15) is 12.1 Å². The van der Waals surface area contributed by atoms with Crippen LogP contribution in [0.1, 0.15) is 61.6 Å². The summed E-state index contributed by atoms with van der Waals surface area (Å²) in [4.78, 5) is 79.2. The molecule has 0 aliphatic carbocycles. The quantitative estimate of drug-likeness (QED) is 0.131. The van der Waals surface area contributed by atoms with E-state index in [4.69, 9.17) is 9.47 Å². The summed E-state index contributed by atoms with van der Waals surface area (Å²) < 4.78 is 14.3. The van der Waals surface area contributed by atoms with Crippen molar-refractivity contribution in [3.63, 3.8) is 0 Å². The molecule has 1 aliphatic heterocycles. The number of carbonyl (C=O) groups excluding carboxylic acids is 6. The molecule has 2 unspecified atom stereocenters. The fraction of sp³-hybridized carbons (Fsp3) is 0.294. The zero-order chi connectivity index (χ0) is 34.2. The number of aromatic nitrogens is 1. The molecule has 246 valence electrons. The van der Waals surface area contributed by atoms with E-state index in [1.807, 2.05) is 30.3 Å². The van der Waals surface area contributed by atoms with E-state index in [1.54, 1.807) is 38.1 Å². The second kappa shape index (κ2) is 15.0. The van der Waals surface area contributed by atoms with E-state index >= 15 is 0 Å². The van der Waals surface area contributed by atoms with Crippen LogP contribution < -0.4 is 16.0 Å². The van der Waals surface area contributed by atoms with Gasteiger partial charge < -0.3 is 35.1 Å². The molecule has 0 saturated heterocycles. The molecule has 1 aliphatic rings. The lowest BCUT2D eigenvalue weighted by Gasteiger charge is -2.17. The number of H-pyrrole nitrogens is 1. The van der Waals surface area contributed by atoms with Crippen molar-refractivity contribution in [1.82, 2.24) is 15.6 Å². The molecule has 2 heterocycles. The number of aromatic amines is 1. The molecule has 2 atom stereocenters. The Morgan fingerprint density at radius 1 is 0.851 bits per heavy atom. The summed E-state index contributed by atoms with van der Waals surface area (Å²) in [6.07, 6.45) is 1.67. The normalized spacial score (nSPS) is 14.0. The van der Waals surface area contributed by atoms with Crippen molar-refractivity contribution in [2.24, 2.45) is 0 Å². The van der Waals surface area contributed by atoms with Gasteiger partial charge in [-0.15, -0.1) is 0 Å². The Morgan fingerprint density at radius 3 is 2.17 bits per heavy atom. The fourth-order valence-corrected chi connectivity index (χ4v) is 5.29. The largest absolute Gasteiger partial charge is 0.469 e. The summed E-state index contributed by atoms with van der Waals surface area (Å²) in [5.41, 5.74) is 3.91. The van der Waals surface area contributed by atoms with Gasteiger partial charge in [0, 0.05) is 41.0 Å². The van der Waals surface area contributed by atoms with Gasteiger partial charge >= 0.3 is 17.9 Å². The minimum absolute atomic E-state index is 0.0238. The minimum Gasteiger partial charge on any atom is -0.469 e. The third kappa shape index (κ3) is 7.93. The summed E-state index contributed by atoms with van der Waals surface area (Å²) in [7, 11) is 3.65. The molecule has 13 heteroatoms. The van der Waals surface area contributed by atoms with Gasteiger partial charge in [0.25, 0.3) is 17.7 Å². The Bertz CT molecular complexity index is 1740. The Morgan fingerprint density at radius 2 is 1.51 bits per heavy atom. The number of rotatable bonds is 12. The van der Waals surface area contributed by atoms with Crippen LogP contribution in [0.25, 0.3) is 11.6 Å². The van der Waals surface area contributed by atoms with Crippen LogP contribution in [0.2, 0.25) is 0 Å². The van der Waals surface area contributed by atoms with E-state index in [9.17, 15) is 28.8 Å². The van der Waals surface area contributed by atoms with Crippen molar-refractivity contribution in [3.05, 3.63) is 87.7 Å². The topological polar surface area (TPSA) is 182 Å². The molecular weight excluding hydrogens is 608 g/mol. The second-order valence-corrected chi connectivity index (χ2v) is 10.8. The Kier molecular flexibility index (Phi) is 10.9. The van der Waals surface area contributed by atoms with E-state index < -0.39 is 47.7 Å². The van der Waals surface area contributed by atoms with E-state index in [2.05, 4.69) is 25.7 Å². The van der Waals surface area contributed by atoms with Gasteiger partial charge in [-0.25, -0.2) is 9.59 Å². The number of aryl methyl sites for hydroxylation is 1. The number of benzene rings is 2. The third-order valence-corrected chi connectivity index (χ3v) is 7.79. The number of hydrogen-bond acceptors (Lipinski definition) is 9. The first-order valence-corrected chi connectivity index (χ1v) is 14.7. The van der Waals surface area contributed by atoms with E-state index in [0.717, 1.165) is 5.56 Å². The predicted octanol–water partition coefficient (Wildman–Crippen LogP) is 2.86. The number of fused-ring (bicyclic) bond motifs is 1. The molecule has 3 amide bonds. The number of carbonyl (C=O) groups is 6. The van der Waals surface area contributed by atoms with Crippen LogP contribution in [-0.2, 0) is 39.8 Å². The molecule has 2 aromatic carbocycles. The van der Waals surface area contributed by atoms with Gasteiger partial charge in [-0.2, -0.15) is 0 Å². The summed E-state index contributed by atoms with van der Waals surface area (Å²) in [5, 5.41) is 8.13. The summed E-state index contributed by atoms with van der Waals surface area (Å²) >= 11 is 0. The zero-order valence-electron chi connectivity index (χ0n) is 26.6. The van der Waals surface area contributed by atoms with Crippen LogP contribution in [0, 0.1) is 13.8 Å². The maximum Gasteiger partial charge on any atom is 0.328 e. The average molecular weight is 645 g/mol. The summed E-state index contributed by atoms with van der Waals surface area (Å²) in [5.74, 6) is -3.38. The molecule has 0 fully saturated rings. The van der Waals surface area contributed by atoms with Gasteiger partial charge in [-0.1, -0.05) is 30.3 Å². The van der Waals surface area contributed by atoms with Gasteiger partial charge in [0.05, 0.1) is 32.5 Å². The highest BCUT2D eigenvalue weighted by Crippen LogP contribution is 2.35. The molecule has 1 aromatic heterocycles. The van der Waals surface area contributed by atoms with Crippen LogP contribution in [-0.4, -0.2) is 74.0 Å². The van der Waals surface area contributed by atoms with Crippen molar-refractivity contribution in [1.29, 1.82) is 0 Å². The number of ether oxygens (including phenoxy) is 3. The number of hydrogen-bond donors (Lipinski definition) is 4. The van der Waals surface area contributed by atoms with Crippen molar-refractivity contribution in [2.45, 2.75) is 45.2 Å². The smallest absolute Gasteiger partial charge is 0.328 e. The Balaban J connectivity index is 1.58. The van der Waals surface area contributed by atoms with Crippen LogP contribution >= 0.6 is 0 Å². The first-order chi connectivity index (χ1) is 22.5. The maximum atomic E-state index is 13.3. The third-order valence-electron chi connectivity index (χ3n) is 7.79. The lowest BCUT2D eigenvalue weighted by Crippen LogP contribution is -2.43. The van der Waals surface area contributed by atoms with E-state index in [-0.39, 0.29) is 36.0 Å². The van der Waals surface area contributed by atoms with Gasteiger partial charge in [-0.05, 0) is 55.7 Å². The summed E-state index contributed by atoms with van der Waals surface area (Å²) in [6.45, 7) is 3.35. The average Bonchev–Trinajstić information content (AvgIpc) is 3.54. The predicted molar refractivity (Wildman–Crippen MR) is 171 cm³/mol. The highest BCUT2D eigenvalue weighted by molar-refractivity contribution is 6.35. The standard InChI is InChI=1S/C34H36N4O9/c1-18-26(35-19(2)29(18)32(42)37-25(33(43)46-4)13-14-28(39)45-3)17-23-22-16-21(11-12-24(22)36-31(23)41)30(40)38-27(34(44)47-5)15-20-9-7-6-8-10-20/h6-12,16-17,25,27,35H,13-15H2,1-5H3,(H,36,41)(H,37,42)(H,38,40). The fourth-order valence-electron chi connectivity index (χ4n) is 5.29. The van der Waals surface area contributed by atoms with Crippen molar-refractivity contribution in [2.75, 3.05) is 26.6 Å². The highest BCUT2D eigenvalue weighted by Gasteiger charge is 2.30. The van der Waals surface area contributed by atoms with Gasteiger partial charge in [0.15, 0.2) is 0 Å².